The summed E-state index contributed by atoms with van der Waals surface area (Å²) in [5, 5.41) is 0. The molecule has 1 fully saturated rings. The molecule has 1 saturated heterocycles. The second-order valence-corrected chi connectivity index (χ2v) is 7.81. The fraction of sp³-hybridized carbons (Fsp3) is 0.600. The van der Waals surface area contributed by atoms with Gasteiger partial charge in [-0.3, -0.25) is 0 Å². The summed E-state index contributed by atoms with van der Waals surface area (Å²) >= 11 is 0. The predicted molar refractivity (Wildman–Crippen MR) is 94.2 cm³/mol. The Kier molecular flexibility index (Phi) is 5.33. The molecule has 2 rings (SSSR count). The molecule has 2 heteroatoms. The minimum absolute atomic E-state index is 0.226. The lowest BCUT2D eigenvalue weighted by molar-refractivity contribution is -0.0543. The summed E-state index contributed by atoms with van der Waals surface area (Å²) in [4.78, 5) is 2.40. The third-order valence-corrected chi connectivity index (χ3v) is 4.15. The van der Waals surface area contributed by atoms with E-state index in [0.29, 0.717) is 12.2 Å². The molecule has 0 amide bonds. The van der Waals surface area contributed by atoms with Gasteiger partial charge >= 0.3 is 0 Å². The first-order chi connectivity index (χ1) is 10.2. The van der Waals surface area contributed by atoms with E-state index in [-0.39, 0.29) is 5.41 Å². The first-order valence-electron chi connectivity index (χ1n) is 8.40. The van der Waals surface area contributed by atoms with Crippen molar-refractivity contribution in [2.45, 2.75) is 65.6 Å². The standard InChI is InChI=1S/C20H31NO/c1-15(12-21-13-16(2)22-17(3)14-21)11-18-7-9-19(10-8-18)20(4,5)6/h7-10,12,16-17H,11,13-14H2,1-6H3/b15-12-/t16-,17+. The summed E-state index contributed by atoms with van der Waals surface area (Å²) in [6, 6.07) is 9.06. The Hall–Kier alpha value is -1.28. The lowest BCUT2D eigenvalue weighted by Gasteiger charge is -2.35. The van der Waals surface area contributed by atoms with E-state index in [1.165, 1.54) is 16.7 Å². The SMILES string of the molecule is C/C(=C/N1C[C@@H](C)O[C@@H](C)C1)Cc1ccc(C(C)(C)C)cc1. The number of allylic oxidation sites excluding steroid dienone is 1. The van der Waals surface area contributed by atoms with Crippen LogP contribution in [0.2, 0.25) is 0 Å². The van der Waals surface area contributed by atoms with Gasteiger partial charge in [-0.2, -0.15) is 0 Å². The Labute approximate surface area is 136 Å². The van der Waals surface area contributed by atoms with Crippen LogP contribution in [0.25, 0.3) is 0 Å². The van der Waals surface area contributed by atoms with E-state index in [0.717, 1.165) is 19.5 Å². The molecule has 1 aromatic carbocycles. The second-order valence-electron chi connectivity index (χ2n) is 7.81. The van der Waals surface area contributed by atoms with Crippen molar-refractivity contribution in [2.24, 2.45) is 0 Å². The molecule has 1 aromatic rings. The van der Waals surface area contributed by atoms with E-state index in [1.54, 1.807) is 0 Å². The number of rotatable bonds is 3. The summed E-state index contributed by atoms with van der Waals surface area (Å²) in [7, 11) is 0. The van der Waals surface area contributed by atoms with Crippen molar-refractivity contribution in [3.05, 3.63) is 47.2 Å². The van der Waals surface area contributed by atoms with Crippen molar-refractivity contribution >= 4 is 0 Å². The molecule has 2 atom stereocenters. The maximum Gasteiger partial charge on any atom is 0.0726 e. The van der Waals surface area contributed by atoms with Crippen molar-refractivity contribution in [1.29, 1.82) is 0 Å². The number of hydrogen-bond donors (Lipinski definition) is 0. The van der Waals surface area contributed by atoms with Gasteiger partial charge in [-0.1, -0.05) is 50.6 Å². The molecule has 22 heavy (non-hydrogen) atoms. The summed E-state index contributed by atoms with van der Waals surface area (Å²) in [6.07, 6.45) is 3.97. The van der Waals surface area contributed by atoms with Crippen molar-refractivity contribution in [1.82, 2.24) is 4.90 Å². The molecule has 1 aliphatic rings. The zero-order chi connectivity index (χ0) is 16.3. The van der Waals surface area contributed by atoms with Crippen LogP contribution in [-0.2, 0) is 16.6 Å². The number of nitrogens with zero attached hydrogens (tertiary/aromatic N) is 1. The van der Waals surface area contributed by atoms with Crippen LogP contribution in [0.4, 0.5) is 0 Å². The molecule has 0 unspecified atom stereocenters. The van der Waals surface area contributed by atoms with Crippen molar-refractivity contribution in [3.8, 4) is 0 Å². The first-order valence-corrected chi connectivity index (χ1v) is 8.40. The molecule has 1 aliphatic heterocycles. The molecule has 0 N–H and O–H groups in total. The van der Waals surface area contributed by atoms with Crippen LogP contribution in [-0.4, -0.2) is 30.2 Å². The van der Waals surface area contributed by atoms with Gasteiger partial charge in [0, 0.05) is 13.1 Å². The molecule has 0 spiro atoms. The maximum atomic E-state index is 5.79. The van der Waals surface area contributed by atoms with Gasteiger partial charge in [0.1, 0.15) is 0 Å². The molecule has 0 aromatic heterocycles. The topological polar surface area (TPSA) is 12.5 Å². The van der Waals surface area contributed by atoms with Gasteiger partial charge in [0.25, 0.3) is 0 Å². The third-order valence-electron chi connectivity index (χ3n) is 4.15. The highest BCUT2D eigenvalue weighted by molar-refractivity contribution is 5.29. The minimum Gasteiger partial charge on any atom is -0.372 e. The lowest BCUT2D eigenvalue weighted by Crippen LogP contribution is -2.42. The summed E-state index contributed by atoms with van der Waals surface area (Å²) in [5.41, 5.74) is 4.42. The first kappa shape index (κ1) is 17.1. The second kappa shape index (κ2) is 6.87. The fourth-order valence-electron chi connectivity index (χ4n) is 3.12. The Morgan fingerprint density at radius 2 is 1.68 bits per heavy atom. The number of morpholine rings is 1. The number of benzene rings is 1. The average molecular weight is 301 g/mol. The smallest absolute Gasteiger partial charge is 0.0726 e. The number of ether oxygens (including phenoxy) is 1. The van der Waals surface area contributed by atoms with Gasteiger partial charge in [0.05, 0.1) is 12.2 Å². The van der Waals surface area contributed by atoms with Crippen molar-refractivity contribution in [2.75, 3.05) is 13.1 Å². The van der Waals surface area contributed by atoms with E-state index in [9.17, 15) is 0 Å². The summed E-state index contributed by atoms with van der Waals surface area (Å²) in [5.74, 6) is 0. The molecule has 1 heterocycles. The van der Waals surface area contributed by atoms with Crippen molar-refractivity contribution in [3.63, 3.8) is 0 Å². The van der Waals surface area contributed by atoms with Gasteiger partial charge in [-0.25, -0.2) is 0 Å². The van der Waals surface area contributed by atoms with Crippen LogP contribution < -0.4 is 0 Å². The van der Waals surface area contributed by atoms with Gasteiger partial charge < -0.3 is 9.64 Å². The highest BCUT2D eigenvalue weighted by Gasteiger charge is 2.20. The van der Waals surface area contributed by atoms with Gasteiger partial charge in [-0.15, -0.1) is 0 Å². The van der Waals surface area contributed by atoms with Gasteiger partial charge in [0.15, 0.2) is 0 Å². The maximum absolute atomic E-state index is 5.79. The molecule has 0 saturated carbocycles. The molecular weight excluding hydrogens is 270 g/mol. The Morgan fingerprint density at radius 3 is 2.18 bits per heavy atom. The monoisotopic (exact) mass is 301 g/mol. The zero-order valence-corrected chi connectivity index (χ0v) is 15.0. The number of hydrogen-bond acceptors (Lipinski definition) is 2. The third kappa shape index (κ3) is 4.88. The zero-order valence-electron chi connectivity index (χ0n) is 15.0. The van der Waals surface area contributed by atoms with E-state index in [2.05, 4.69) is 76.9 Å². The highest BCUT2D eigenvalue weighted by atomic mass is 16.5. The molecule has 0 radical (unpaired) electrons. The predicted octanol–water partition coefficient (Wildman–Crippen LogP) is 4.54. The van der Waals surface area contributed by atoms with Crippen LogP contribution in [0.3, 0.4) is 0 Å². The fourth-order valence-corrected chi connectivity index (χ4v) is 3.12. The van der Waals surface area contributed by atoms with Gasteiger partial charge in [-0.05, 0) is 49.9 Å². The molecule has 0 bridgehead atoms. The van der Waals surface area contributed by atoms with Crippen LogP contribution in [0, 0.1) is 0 Å². The molecular formula is C20H31NO. The molecule has 0 aliphatic carbocycles. The van der Waals surface area contributed by atoms with Crippen molar-refractivity contribution < 1.29 is 4.74 Å². The van der Waals surface area contributed by atoms with Crippen LogP contribution >= 0.6 is 0 Å². The Bertz CT molecular complexity index is 500. The van der Waals surface area contributed by atoms with E-state index in [4.69, 9.17) is 4.74 Å². The van der Waals surface area contributed by atoms with Gasteiger partial charge in [0.2, 0.25) is 0 Å². The normalized spacial score (nSPS) is 23.7. The Balaban J connectivity index is 1.99. The molecule has 122 valence electrons. The van der Waals surface area contributed by atoms with Crippen LogP contribution in [0.5, 0.6) is 0 Å². The highest BCUT2D eigenvalue weighted by Crippen LogP contribution is 2.23. The van der Waals surface area contributed by atoms with E-state index >= 15 is 0 Å². The Morgan fingerprint density at radius 1 is 1.14 bits per heavy atom. The lowest BCUT2D eigenvalue weighted by atomic mass is 9.86. The van der Waals surface area contributed by atoms with Crippen LogP contribution in [0.1, 0.15) is 52.7 Å². The average Bonchev–Trinajstić information content (AvgIpc) is 2.36. The largest absolute Gasteiger partial charge is 0.372 e. The minimum atomic E-state index is 0.226. The summed E-state index contributed by atoms with van der Waals surface area (Å²) < 4.78 is 5.79. The van der Waals surface area contributed by atoms with Crippen LogP contribution in [0.15, 0.2) is 36.0 Å². The summed E-state index contributed by atoms with van der Waals surface area (Å²) in [6.45, 7) is 15.3. The van der Waals surface area contributed by atoms with E-state index < -0.39 is 0 Å². The quantitative estimate of drug-likeness (QED) is 0.812. The molecule has 2 nitrogen and oxygen atoms in total. The van der Waals surface area contributed by atoms with E-state index in [1.807, 2.05) is 0 Å².